The number of anilines is 6. The molecule has 0 saturated carbocycles. The smallest absolute Gasteiger partial charge is 0.145 e. The van der Waals surface area contributed by atoms with Gasteiger partial charge in [0, 0.05) is 56.0 Å². The third-order valence-electron chi connectivity index (χ3n) is 12.4. The molecule has 4 heteroatoms. The maximum Gasteiger partial charge on any atom is 0.145 e. The highest BCUT2D eigenvalue weighted by Crippen LogP contribution is 2.44. The number of hydrogen-bond donors (Lipinski definition) is 0. The van der Waals surface area contributed by atoms with Gasteiger partial charge in [0.2, 0.25) is 0 Å². The van der Waals surface area contributed by atoms with Crippen molar-refractivity contribution in [3.8, 4) is 27.9 Å². The Bertz CT molecular complexity index is 3560. The van der Waals surface area contributed by atoms with E-state index in [4.69, 9.17) is 4.42 Å². The topological polar surface area (TPSA) is 24.6 Å². The summed E-state index contributed by atoms with van der Waals surface area (Å²) in [6, 6.07) is 88.7. The second-order valence-corrected chi connectivity index (χ2v) is 16.2. The van der Waals surface area contributed by atoms with E-state index < -0.39 is 0 Å². The van der Waals surface area contributed by atoms with Crippen molar-refractivity contribution in [3.63, 3.8) is 0 Å². The maximum atomic E-state index is 6.74. The molecule has 0 aliphatic heterocycles. The van der Waals surface area contributed by atoms with E-state index in [1.807, 2.05) is 6.07 Å². The zero-order chi connectivity index (χ0) is 42.4. The lowest BCUT2D eigenvalue weighted by Gasteiger charge is -2.26. The van der Waals surface area contributed by atoms with Crippen LogP contribution in [-0.2, 0) is 0 Å². The minimum absolute atomic E-state index is 0.888. The van der Waals surface area contributed by atoms with Gasteiger partial charge in [-0.25, -0.2) is 0 Å². The first kappa shape index (κ1) is 37.2. The van der Waals surface area contributed by atoms with E-state index in [-0.39, 0.29) is 0 Å². The number of nitrogens with zero attached hydrogens (tertiary/aromatic N) is 3. The van der Waals surface area contributed by atoms with E-state index in [1.54, 1.807) is 0 Å². The molecule has 302 valence electrons. The summed E-state index contributed by atoms with van der Waals surface area (Å²) >= 11 is 0. The van der Waals surface area contributed by atoms with Crippen molar-refractivity contribution in [2.75, 3.05) is 9.80 Å². The van der Waals surface area contributed by atoms with Gasteiger partial charge in [-0.1, -0.05) is 140 Å². The number of para-hydroxylation sites is 3. The fourth-order valence-corrected chi connectivity index (χ4v) is 9.36. The second-order valence-electron chi connectivity index (χ2n) is 16.2. The Morgan fingerprint density at radius 2 is 0.719 bits per heavy atom. The van der Waals surface area contributed by atoms with Crippen LogP contribution in [0, 0.1) is 0 Å². The van der Waals surface area contributed by atoms with Gasteiger partial charge in [-0.15, -0.1) is 0 Å². The largest absolute Gasteiger partial charge is 0.455 e. The molecule has 0 unspecified atom stereocenters. The number of fused-ring (bicyclic) bond motifs is 7. The third-order valence-corrected chi connectivity index (χ3v) is 12.4. The predicted octanol–water partition coefficient (Wildman–Crippen LogP) is 17.0. The molecule has 12 aromatic rings. The lowest BCUT2D eigenvalue weighted by molar-refractivity contribution is 0.673. The van der Waals surface area contributed by atoms with Crippen LogP contribution in [0.4, 0.5) is 34.1 Å². The SMILES string of the molecule is c1ccc(-c2ccc(N(c3ccccc3)c3ccc(-n4c5cc(N(c6ccccc6)c6ccc(-c7ccccc7)cc6)ccc5c5c6oc7ccccc7c6ccc54)cc3)cc2)cc1. The molecule has 0 atom stereocenters. The predicted molar refractivity (Wildman–Crippen MR) is 268 cm³/mol. The van der Waals surface area contributed by atoms with Crippen LogP contribution in [0.1, 0.15) is 0 Å². The van der Waals surface area contributed by atoms with Gasteiger partial charge in [-0.3, -0.25) is 0 Å². The van der Waals surface area contributed by atoms with Gasteiger partial charge in [0.05, 0.1) is 16.4 Å². The Balaban J connectivity index is 1.03. The first-order valence-electron chi connectivity index (χ1n) is 21.8. The molecule has 12 rings (SSSR count). The van der Waals surface area contributed by atoms with Crippen molar-refractivity contribution in [1.29, 1.82) is 0 Å². The number of benzene rings is 10. The first-order valence-corrected chi connectivity index (χ1v) is 21.8. The Morgan fingerprint density at radius 3 is 1.28 bits per heavy atom. The Morgan fingerprint density at radius 1 is 0.297 bits per heavy atom. The zero-order valence-corrected chi connectivity index (χ0v) is 34.9. The van der Waals surface area contributed by atoms with Crippen LogP contribution in [0.25, 0.3) is 71.7 Å². The highest BCUT2D eigenvalue weighted by Gasteiger charge is 2.22. The quantitative estimate of drug-likeness (QED) is 0.145. The molecule has 0 radical (unpaired) electrons. The van der Waals surface area contributed by atoms with E-state index in [0.717, 1.165) is 83.6 Å². The highest BCUT2D eigenvalue weighted by atomic mass is 16.3. The van der Waals surface area contributed by atoms with Gasteiger partial charge in [0.25, 0.3) is 0 Å². The summed E-state index contributed by atoms with van der Waals surface area (Å²) in [5.74, 6) is 0. The lowest BCUT2D eigenvalue weighted by Crippen LogP contribution is -2.10. The highest BCUT2D eigenvalue weighted by molar-refractivity contribution is 6.24. The molecule has 4 nitrogen and oxygen atoms in total. The van der Waals surface area contributed by atoms with Gasteiger partial charge in [0.1, 0.15) is 11.2 Å². The van der Waals surface area contributed by atoms with E-state index in [9.17, 15) is 0 Å². The molecule has 2 heterocycles. The molecule has 0 bridgehead atoms. The van der Waals surface area contributed by atoms with Crippen LogP contribution < -0.4 is 9.80 Å². The monoisotopic (exact) mass is 819 g/mol. The number of rotatable bonds is 9. The van der Waals surface area contributed by atoms with Crippen LogP contribution in [0.2, 0.25) is 0 Å². The van der Waals surface area contributed by atoms with Gasteiger partial charge >= 0.3 is 0 Å². The normalized spacial score (nSPS) is 11.4. The van der Waals surface area contributed by atoms with Crippen molar-refractivity contribution in [2.24, 2.45) is 0 Å². The zero-order valence-electron chi connectivity index (χ0n) is 34.9. The van der Waals surface area contributed by atoms with Gasteiger partial charge in [0.15, 0.2) is 0 Å². The van der Waals surface area contributed by atoms with Crippen LogP contribution in [0.15, 0.2) is 253 Å². The molecule has 0 fully saturated rings. The van der Waals surface area contributed by atoms with Crippen LogP contribution in [0.5, 0.6) is 0 Å². The third kappa shape index (κ3) is 6.48. The average Bonchev–Trinajstić information content (AvgIpc) is 3.92. The summed E-state index contributed by atoms with van der Waals surface area (Å²) in [4.78, 5) is 4.66. The summed E-state index contributed by atoms with van der Waals surface area (Å²) < 4.78 is 9.14. The summed E-state index contributed by atoms with van der Waals surface area (Å²) in [7, 11) is 0. The minimum atomic E-state index is 0.888. The van der Waals surface area contributed by atoms with E-state index >= 15 is 0 Å². The molecule has 64 heavy (non-hydrogen) atoms. The van der Waals surface area contributed by atoms with Crippen molar-refractivity contribution >= 4 is 77.9 Å². The molecule has 2 aromatic heterocycles. The molecule has 10 aromatic carbocycles. The molecule has 0 saturated heterocycles. The molecule has 0 N–H and O–H groups in total. The van der Waals surface area contributed by atoms with E-state index in [1.165, 1.54) is 22.3 Å². The van der Waals surface area contributed by atoms with Crippen molar-refractivity contribution < 1.29 is 4.42 Å². The fraction of sp³-hybridized carbons (Fsp3) is 0. The molecule has 0 amide bonds. The van der Waals surface area contributed by atoms with Crippen molar-refractivity contribution in [3.05, 3.63) is 249 Å². The second kappa shape index (κ2) is 15.7. The first-order chi connectivity index (χ1) is 31.7. The number of aromatic nitrogens is 1. The van der Waals surface area contributed by atoms with E-state index in [0.29, 0.717) is 0 Å². The van der Waals surface area contributed by atoms with E-state index in [2.05, 4.69) is 257 Å². The van der Waals surface area contributed by atoms with Gasteiger partial charge in [-0.05, 0) is 131 Å². The molecular weight excluding hydrogens is 779 g/mol. The Kier molecular flexibility index (Phi) is 9.12. The van der Waals surface area contributed by atoms with Crippen molar-refractivity contribution in [1.82, 2.24) is 4.57 Å². The van der Waals surface area contributed by atoms with Gasteiger partial charge in [-0.2, -0.15) is 0 Å². The minimum Gasteiger partial charge on any atom is -0.455 e. The van der Waals surface area contributed by atoms with Crippen LogP contribution in [-0.4, -0.2) is 4.57 Å². The van der Waals surface area contributed by atoms with Crippen LogP contribution >= 0.6 is 0 Å². The molecule has 0 aliphatic rings. The Hall–Kier alpha value is -8.60. The summed E-state index contributed by atoms with van der Waals surface area (Å²) in [6.45, 7) is 0. The summed E-state index contributed by atoms with van der Waals surface area (Å²) in [5.41, 5.74) is 16.3. The van der Waals surface area contributed by atoms with Crippen molar-refractivity contribution in [2.45, 2.75) is 0 Å². The average molecular weight is 820 g/mol. The summed E-state index contributed by atoms with van der Waals surface area (Å²) in [5, 5.41) is 4.46. The molecule has 0 aliphatic carbocycles. The summed E-state index contributed by atoms with van der Waals surface area (Å²) in [6.07, 6.45) is 0. The lowest BCUT2D eigenvalue weighted by atomic mass is 10.0. The Labute approximate surface area is 371 Å². The molecule has 0 spiro atoms. The standard InChI is InChI=1S/C60H41N3O/c1-5-15-42(16-6-1)44-25-29-48(30-26-44)61(46-19-9-3-10-20-46)50-33-35-51(36-34-50)63-56-40-39-54-53-23-13-14-24-58(53)64-60(54)59(56)55-38-37-52(41-57(55)63)62(47-21-11-4-12-22-47)49-31-27-45(28-32-49)43-17-7-2-8-18-43/h1-41H. The number of hydrogen-bond acceptors (Lipinski definition) is 3. The van der Waals surface area contributed by atoms with Crippen LogP contribution in [0.3, 0.4) is 0 Å². The fourth-order valence-electron chi connectivity index (χ4n) is 9.36. The van der Waals surface area contributed by atoms with Gasteiger partial charge < -0.3 is 18.8 Å². The number of furan rings is 1. The maximum absolute atomic E-state index is 6.74. The molecular formula is C60H41N3O.